The van der Waals surface area contributed by atoms with Gasteiger partial charge in [-0.25, -0.2) is 4.39 Å². The number of benzene rings is 1. The van der Waals surface area contributed by atoms with Crippen LogP contribution in [0.25, 0.3) is 0 Å². The van der Waals surface area contributed by atoms with Crippen LogP contribution >= 0.6 is 0 Å². The van der Waals surface area contributed by atoms with Crippen LogP contribution in [0.5, 0.6) is 0 Å². The standard InChI is InChI=1S/C15H25FN2/c1-5-12(4)18(6-2)15-8-7-14(16)10-13(15)9-11(3)17/h7-8,10-12H,5-6,9,17H2,1-4H3. The Morgan fingerprint density at radius 1 is 1.28 bits per heavy atom. The number of nitrogens with zero attached hydrogens (tertiary/aromatic N) is 1. The number of rotatable bonds is 6. The van der Waals surface area contributed by atoms with E-state index in [0.29, 0.717) is 12.5 Å². The van der Waals surface area contributed by atoms with E-state index in [0.717, 1.165) is 24.2 Å². The number of hydrogen-bond donors (Lipinski definition) is 1. The van der Waals surface area contributed by atoms with Gasteiger partial charge in [0.2, 0.25) is 0 Å². The Hall–Kier alpha value is -1.09. The van der Waals surface area contributed by atoms with Crippen molar-refractivity contribution in [1.29, 1.82) is 0 Å². The third-order valence-electron chi connectivity index (χ3n) is 3.36. The fourth-order valence-electron chi connectivity index (χ4n) is 2.28. The van der Waals surface area contributed by atoms with Crippen LogP contribution in [0.1, 0.15) is 39.7 Å². The second-order valence-corrected chi connectivity index (χ2v) is 5.00. The zero-order valence-corrected chi connectivity index (χ0v) is 11.9. The van der Waals surface area contributed by atoms with Gasteiger partial charge in [-0.05, 0) is 57.4 Å². The highest BCUT2D eigenvalue weighted by Crippen LogP contribution is 2.25. The summed E-state index contributed by atoms with van der Waals surface area (Å²) < 4.78 is 13.4. The van der Waals surface area contributed by atoms with E-state index in [1.807, 2.05) is 13.0 Å². The first-order valence-corrected chi connectivity index (χ1v) is 6.80. The summed E-state index contributed by atoms with van der Waals surface area (Å²) in [5, 5.41) is 0. The van der Waals surface area contributed by atoms with Gasteiger partial charge in [0.05, 0.1) is 0 Å². The Labute approximate surface area is 110 Å². The van der Waals surface area contributed by atoms with Crippen molar-refractivity contribution in [3.05, 3.63) is 29.6 Å². The Bertz CT molecular complexity index is 377. The molecule has 0 aliphatic rings. The molecule has 0 heterocycles. The molecular weight excluding hydrogens is 227 g/mol. The van der Waals surface area contributed by atoms with Crippen LogP contribution in [0.3, 0.4) is 0 Å². The van der Waals surface area contributed by atoms with Crippen LogP contribution in [-0.2, 0) is 6.42 Å². The Balaban J connectivity index is 3.12. The Kier molecular flexibility index (Phi) is 5.60. The lowest BCUT2D eigenvalue weighted by Gasteiger charge is -2.31. The third kappa shape index (κ3) is 3.70. The molecule has 1 rings (SSSR count). The van der Waals surface area contributed by atoms with Gasteiger partial charge in [0.15, 0.2) is 0 Å². The van der Waals surface area contributed by atoms with Crippen LogP contribution in [-0.4, -0.2) is 18.6 Å². The first kappa shape index (κ1) is 15.0. The van der Waals surface area contributed by atoms with Crippen LogP contribution in [0.15, 0.2) is 18.2 Å². The molecule has 0 aliphatic carbocycles. The molecule has 0 spiro atoms. The van der Waals surface area contributed by atoms with E-state index < -0.39 is 0 Å². The number of hydrogen-bond acceptors (Lipinski definition) is 2. The summed E-state index contributed by atoms with van der Waals surface area (Å²) in [6, 6.07) is 5.52. The van der Waals surface area contributed by atoms with E-state index in [9.17, 15) is 4.39 Å². The van der Waals surface area contributed by atoms with Crippen LogP contribution in [0.4, 0.5) is 10.1 Å². The van der Waals surface area contributed by atoms with E-state index in [4.69, 9.17) is 5.73 Å². The quantitative estimate of drug-likeness (QED) is 0.841. The van der Waals surface area contributed by atoms with Gasteiger partial charge < -0.3 is 10.6 Å². The highest BCUT2D eigenvalue weighted by atomic mass is 19.1. The van der Waals surface area contributed by atoms with Crippen molar-refractivity contribution in [2.24, 2.45) is 5.73 Å². The summed E-state index contributed by atoms with van der Waals surface area (Å²) in [5.74, 6) is -0.186. The second-order valence-electron chi connectivity index (χ2n) is 5.00. The molecule has 0 aromatic heterocycles. The molecule has 0 fully saturated rings. The largest absolute Gasteiger partial charge is 0.369 e. The fourth-order valence-corrected chi connectivity index (χ4v) is 2.28. The molecule has 0 bridgehead atoms. The van der Waals surface area contributed by atoms with Crippen molar-refractivity contribution in [3.63, 3.8) is 0 Å². The summed E-state index contributed by atoms with van der Waals surface area (Å²) >= 11 is 0. The molecular formula is C15H25FN2. The molecule has 2 N–H and O–H groups in total. The monoisotopic (exact) mass is 252 g/mol. The van der Waals surface area contributed by atoms with Gasteiger partial charge in [0.25, 0.3) is 0 Å². The van der Waals surface area contributed by atoms with E-state index in [1.54, 1.807) is 6.07 Å². The zero-order valence-electron chi connectivity index (χ0n) is 11.9. The molecule has 0 amide bonds. The number of anilines is 1. The van der Waals surface area contributed by atoms with Gasteiger partial charge >= 0.3 is 0 Å². The zero-order chi connectivity index (χ0) is 13.7. The van der Waals surface area contributed by atoms with Gasteiger partial charge in [0, 0.05) is 24.3 Å². The SMILES string of the molecule is CCC(C)N(CC)c1ccc(F)cc1CC(C)N. The molecule has 0 saturated heterocycles. The van der Waals surface area contributed by atoms with Crippen LogP contribution in [0, 0.1) is 5.82 Å². The topological polar surface area (TPSA) is 29.3 Å². The molecule has 2 unspecified atom stereocenters. The lowest BCUT2D eigenvalue weighted by Crippen LogP contribution is -2.33. The van der Waals surface area contributed by atoms with Crippen molar-refractivity contribution < 1.29 is 4.39 Å². The maximum Gasteiger partial charge on any atom is 0.123 e. The van der Waals surface area contributed by atoms with Gasteiger partial charge in [0.1, 0.15) is 5.82 Å². The van der Waals surface area contributed by atoms with Crippen LogP contribution in [0.2, 0.25) is 0 Å². The Morgan fingerprint density at radius 2 is 1.94 bits per heavy atom. The average Bonchev–Trinajstić information content (AvgIpc) is 2.31. The van der Waals surface area contributed by atoms with E-state index in [-0.39, 0.29) is 11.9 Å². The lowest BCUT2D eigenvalue weighted by atomic mass is 10.0. The van der Waals surface area contributed by atoms with Gasteiger partial charge in [-0.3, -0.25) is 0 Å². The van der Waals surface area contributed by atoms with Crippen molar-refractivity contribution in [2.45, 2.75) is 52.6 Å². The smallest absolute Gasteiger partial charge is 0.123 e. The summed E-state index contributed by atoms with van der Waals surface area (Å²) in [6.07, 6.45) is 1.78. The van der Waals surface area contributed by atoms with E-state index in [2.05, 4.69) is 25.7 Å². The maximum atomic E-state index is 13.4. The highest BCUT2D eigenvalue weighted by molar-refractivity contribution is 5.54. The number of halogens is 1. The van der Waals surface area contributed by atoms with Gasteiger partial charge in [-0.15, -0.1) is 0 Å². The fraction of sp³-hybridized carbons (Fsp3) is 0.600. The summed E-state index contributed by atoms with van der Waals surface area (Å²) in [7, 11) is 0. The first-order valence-electron chi connectivity index (χ1n) is 6.80. The Morgan fingerprint density at radius 3 is 2.44 bits per heavy atom. The molecule has 3 heteroatoms. The first-order chi connectivity index (χ1) is 8.49. The molecule has 18 heavy (non-hydrogen) atoms. The molecule has 0 saturated carbocycles. The predicted molar refractivity (Wildman–Crippen MR) is 76.5 cm³/mol. The van der Waals surface area contributed by atoms with Crippen molar-refractivity contribution >= 4 is 5.69 Å². The van der Waals surface area contributed by atoms with Crippen LogP contribution < -0.4 is 10.6 Å². The van der Waals surface area contributed by atoms with Crippen molar-refractivity contribution in [1.82, 2.24) is 0 Å². The normalized spacial score (nSPS) is 14.3. The van der Waals surface area contributed by atoms with E-state index >= 15 is 0 Å². The molecule has 102 valence electrons. The van der Waals surface area contributed by atoms with Gasteiger partial charge in [-0.2, -0.15) is 0 Å². The molecule has 2 nitrogen and oxygen atoms in total. The molecule has 0 aliphatic heterocycles. The minimum absolute atomic E-state index is 0.0428. The van der Waals surface area contributed by atoms with E-state index in [1.165, 1.54) is 6.07 Å². The molecule has 2 atom stereocenters. The number of nitrogens with two attached hydrogens (primary N) is 1. The third-order valence-corrected chi connectivity index (χ3v) is 3.36. The summed E-state index contributed by atoms with van der Waals surface area (Å²) in [5.41, 5.74) is 7.98. The second kappa shape index (κ2) is 6.74. The van der Waals surface area contributed by atoms with Crippen molar-refractivity contribution in [3.8, 4) is 0 Å². The van der Waals surface area contributed by atoms with Crippen molar-refractivity contribution in [2.75, 3.05) is 11.4 Å². The molecule has 1 aromatic rings. The minimum atomic E-state index is -0.186. The average molecular weight is 252 g/mol. The predicted octanol–water partition coefficient (Wildman–Crippen LogP) is 3.34. The minimum Gasteiger partial charge on any atom is -0.369 e. The lowest BCUT2D eigenvalue weighted by molar-refractivity contribution is 0.609. The summed E-state index contributed by atoms with van der Waals surface area (Å²) in [4.78, 5) is 2.32. The molecule has 0 radical (unpaired) electrons. The summed E-state index contributed by atoms with van der Waals surface area (Å²) in [6.45, 7) is 9.37. The maximum absolute atomic E-state index is 13.4. The highest BCUT2D eigenvalue weighted by Gasteiger charge is 2.16. The molecule has 1 aromatic carbocycles. The van der Waals surface area contributed by atoms with Gasteiger partial charge in [-0.1, -0.05) is 6.92 Å².